The molecule has 1 atom stereocenters. The van der Waals surface area contributed by atoms with Crippen molar-refractivity contribution in [3.8, 4) is 0 Å². The number of pyridine rings is 1. The quantitative estimate of drug-likeness (QED) is 0.897. The van der Waals surface area contributed by atoms with Crippen LogP contribution in [0, 0.1) is 6.92 Å². The molecular formula is C15H18N2O. The molecule has 0 saturated carbocycles. The Morgan fingerprint density at radius 3 is 3.17 bits per heavy atom. The predicted octanol–water partition coefficient (Wildman–Crippen LogP) is 3.13. The molecule has 3 heteroatoms. The van der Waals surface area contributed by atoms with Crippen LogP contribution in [0.3, 0.4) is 0 Å². The lowest BCUT2D eigenvalue weighted by atomic mass is 10.1. The highest BCUT2D eigenvalue weighted by Crippen LogP contribution is 2.25. The van der Waals surface area contributed by atoms with Crippen LogP contribution in [0.15, 0.2) is 30.5 Å². The molecule has 0 bridgehead atoms. The smallest absolute Gasteiger partial charge is 0.0751 e. The van der Waals surface area contributed by atoms with Gasteiger partial charge >= 0.3 is 0 Å². The van der Waals surface area contributed by atoms with Crippen LogP contribution in [0.2, 0.25) is 0 Å². The molecule has 2 aromatic rings. The zero-order valence-corrected chi connectivity index (χ0v) is 10.6. The molecule has 0 spiro atoms. The molecule has 1 unspecified atom stereocenters. The molecule has 1 aromatic carbocycles. The summed E-state index contributed by atoms with van der Waals surface area (Å²) in [4.78, 5) is 4.45. The topological polar surface area (TPSA) is 34.1 Å². The molecule has 1 aliphatic rings. The van der Waals surface area contributed by atoms with E-state index in [1.807, 2.05) is 12.3 Å². The number of aryl methyl sites for hydroxylation is 1. The molecule has 0 radical (unpaired) electrons. The van der Waals surface area contributed by atoms with Gasteiger partial charge in [-0.25, -0.2) is 0 Å². The lowest BCUT2D eigenvalue weighted by molar-refractivity contribution is 0.120. The molecule has 1 N–H and O–H groups in total. The molecule has 3 rings (SSSR count). The number of nitrogens with zero attached hydrogens (tertiary/aromatic N) is 1. The fraction of sp³-hybridized carbons (Fsp3) is 0.400. The first kappa shape index (κ1) is 11.5. The van der Waals surface area contributed by atoms with Crippen molar-refractivity contribution >= 4 is 16.6 Å². The maximum atomic E-state index is 5.63. The van der Waals surface area contributed by atoms with Crippen molar-refractivity contribution in [1.82, 2.24) is 4.98 Å². The molecule has 0 aliphatic carbocycles. The average molecular weight is 242 g/mol. The summed E-state index contributed by atoms with van der Waals surface area (Å²) in [6.07, 6.45) is 4.55. The fourth-order valence-corrected chi connectivity index (χ4v) is 2.50. The van der Waals surface area contributed by atoms with Gasteiger partial charge in [0.1, 0.15) is 0 Å². The van der Waals surface area contributed by atoms with Gasteiger partial charge in [0.2, 0.25) is 0 Å². The predicted molar refractivity (Wildman–Crippen MR) is 73.9 cm³/mol. The van der Waals surface area contributed by atoms with Gasteiger partial charge in [-0.15, -0.1) is 0 Å². The number of hydrogen-bond donors (Lipinski definition) is 1. The van der Waals surface area contributed by atoms with Crippen molar-refractivity contribution in [1.29, 1.82) is 0 Å². The van der Waals surface area contributed by atoms with Crippen LogP contribution in [0.25, 0.3) is 10.9 Å². The Kier molecular flexibility index (Phi) is 3.15. The molecule has 1 aliphatic heterocycles. The van der Waals surface area contributed by atoms with E-state index in [4.69, 9.17) is 4.74 Å². The minimum atomic E-state index is 0.359. The fourth-order valence-electron chi connectivity index (χ4n) is 2.50. The third-order valence-corrected chi connectivity index (χ3v) is 3.52. The second-order valence-corrected chi connectivity index (χ2v) is 4.85. The molecule has 1 fully saturated rings. The van der Waals surface area contributed by atoms with Gasteiger partial charge in [-0.3, -0.25) is 4.98 Å². The summed E-state index contributed by atoms with van der Waals surface area (Å²) in [7, 11) is 0. The number of aromatic nitrogens is 1. The molecule has 1 aromatic heterocycles. The van der Waals surface area contributed by atoms with Crippen molar-refractivity contribution < 1.29 is 4.74 Å². The van der Waals surface area contributed by atoms with E-state index in [0.717, 1.165) is 30.8 Å². The van der Waals surface area contributed by atoms with Gasteiger partial charge in [0, 0.05) is 30.4 Å². The van der Waals surface area contributed by atoms with Crippen LogP contribution < -0.4 is 5.32 Å². The summed E-state index contributed by atoms with van der Waals surface area (Å²) in [5.41, 5.74) is 3.45. The van der Waals surface area contributed by atoms with Gasteiger partial charge in [0.15, 0.2) is 0 Å². The van der Waals surface area contributed by atoms with Gasteiger partial charge in [0.05, 0.1) is 11.6 Å². The SMILES string of the molecule is Cc1ccc(NCC2CCCO2)c2cccnc12. The van der Waals surface area contributed by atoms with Crippen molar-refractivity contribution in [2.24, 2.45) is 0 Å². The Labute approximate surface area is 107 Å². The second-order valence-electron chi connectivity index (χ2n) is 4.85. The Balaban J connectivity index is 1.85. The highest BCUT2D eigenvalue weighted by atomic mass is 16.5. The van der Waals surface area contributed by atoms with Crippen molar-refractivity contribution in [2.75, 3.05) is 18.5 Å². The number of anilines is 1. The van der Waals surface area contributed by atoms with Crippen molar-refractivity contribution in [3.05, 3.63) is 36.0 Å². The first-order chi connectivity index (χ1) is 8.84. The van der Waals surface area contributed by atoms with E-state index in [2.05, 4.69) is 35.4 Å². The normalized spacial score (nSPS) is 19.3. The number of ether oxygens (including phenoxy) is 1. The zero-order chi connectivity index (χ0) is 12.4. The third kappa shape index (κ3) is 2.18. The molecule has 1 saturated heterocycles. The molecule has 0 amide bonds. The average Bonchev–Trinajstić information content (AvgIpc) is 2.92. The molecule has 3 nitrogen and oxygen atoms in total. The lowest BCUT2D eigenvalue weighted by Crippen LogP contribution is -2.18. The van der Waals surface area contributed by atoms with Gasteiger partial charge < -0.3 is 10.1 Å². The van der Waals surface area contributed by atoms with Gasteiger partial charge in [0.25, 0.3) is 0 Å². The minimum absolute atomic E-state index is 0.359. The first-order valence-electron chi connectivity index (χ1n) is 6.54. The maximum absolute atomic E-state index is 5.63. The second kappa shape index (κ2) is 4.94. The highest BCUT2D eigenvalue weighted by Gasteiger charge is 2.15. The van der Waals surface area contributed by atoms with Crippen LogP contribution >= 0.6 is 0 Å². The van der Waals surface area contributed by atoms with Crippen molar-refractivity contribution in [2.45, 2.75) is 25.9 Å². The van der Waals surface area contributed by atoms with E-state index >= 15 is 0 Å². The largest absolute Gasteiger partial charge is 0.382 e. The Hall–Kier alpha value is -1.61. The van der Waals surface area contributed by atoms with E-state index in [-0.39, 0.29) is 0 Å². The maximum Gasteiger partial charge on any atom is 0.0751 e. The van der Waals surface area contributed by atoms with Crippen LogP contribution in [0.4, 0.5) is 5.69 Å². The summed E-state index contributed by atoms with van der Waals surface area (Å²) in [5.74, 6) is 0. The molecular weight excluding hydrogens is 224 g/mol. The number of nitrogens with one attached hydrogen (secondary N) is 1. The molecule has 94 valence electrons. The number of benzene rings is 1. The minimum Gasteiger partial charge on any atom is -0.382 e. The standard InChI is InChI=1S/C15H18N2O/c1-11-6-7-14(13-5-2-8-16-15(11)13)17-10-12-4-3-9-18-12/h2,5-8,12,17H,3-4,9-10H2,1H3. The first-order valence-corrected chi connectivity index (χ1v) is 6.54. The van der Waals surface area contributed by atoms with Gasteiger partial charge in [-0.1, -0.05) is 6.07 Å². The summed E-state index contributed by atoms with van der Waals surface area (Å²) in [6.45, 7) is 3.88. The number of fused-ring (bicyclic) bond motifs is 1. The summed E-state index contributed by atoms with van der Waals surface area (Å²) in [6, 6.07) is 8.35. The molecule has 2 heterocycles. The monoisotopic (exact) mass is 242 g/mol. The number of hydrogen-bond acceptors (Lipinski definition) is 3. The van der Waals surface area contributed by atoms with Crippen LogP contribution in [0.1, 0.15) is 18.4 Å². The van der Waals surface area contributed by atoms with Crippen molar-refractivity contribution in [3.63, 3.8) is 0 Å². The highest BCUT2D eigenvalue weighted by molar-refractivity contribution is 5.93. The van der Waals surface area contributed by atoms with E-state index in [9.17, 15) is 0 Å². The van der Waals surface area contributed by atoms with Gasteiger partial charge in [-0.05, 0) is 43.5 Å². The van der Waals surface area contributed by atoms with Crippen LogP contribution in [-0.2, 0) is 4.74 Å². The van der Waals surface area contributed by atoms with E-state index in [0.29, 0.717) is 6.10 Å². The number of rotatable bonds is 3. The lowest BCUT2D eigenvalue weighted by Gasteiger charge is -2.14. The van der Waals surface area contributed by atoms with Crippen LogP contribution in [0.5, 0.6) is 0 Å². The molecule has 18 heavy (non-hydrogen) atoms. The van der Waals surface area contributed by atoms with Crippen LogP contribution in [-0.4, -0.2) is 24.2 Å². The third-order valence-electron chi connectivity index (χ3n) is 3.52. The van der Waals surface area contributed by atoms with E-state index in [1.54, 1.807) is 0 Å². The Morgan fingerprint density at radius 1 is 1.39 bits per heavy atom. The summed E-state index contributed by atoms with van der Waals surface area (Å²) < 4.78 is 5.63. The van der Waals surface area contributed by atoms with Gasteiger partial charge in [-0.2, -0.15) is 0 Å². The summed E-state index contributed by atoms with van der Waals surface area (Å²) >= 11 is 0. The van der Waals surface area contributed by atoms with E-state index < -0.39 is 0 Å². The summed E-state index contributed by atoms with van der Waals surface area (Å²) in [5, 5.41) is 4.68. The Bertz CT molecular complexity index is 547. The van der Waals surface area contributed by atoms with E-state index in [1.165, 1.54) is 17.4 Å². The Morgan fingerprint density at radius 2 is 2.33 bits per heavy atom. The zero-order valence-electron chi connectivity index (χ0n) is 10.6.